The van der Waals surface area contributed by atoms with E-state index in [4.69, 9.17) is 0 Å². The topological polar surface area (TPSA) is 36.1 Å². The first kappa shape index (κ1) is 17.6. The molecule has 136 valence electrons. The number of H-pyrrole nitrogens is 1. The van der Waals surface area contributed by atoms with Crippen molar-refractivity contribution in [3.8, 4) is 0 Å². The van der Waals surface area contributed by atoms with Crippen LogP contribution in [0.25, 0.3) is 10.9 Å². The molecule has 0 saturated carbocycles. The maximum Gasteiger partial charge on any atom is 0.417 e. The summed E-state index contributed by atoms with van der Waals surface area (Å²) in [7, 11) is 0. The van der Waals surface area contributed by atoms with Gasteiger partial charge in [-0.3, -0.25) is 4.79 Å². The number of benzene rings is 1. The molecule has 1 atom stereocenters. The molecule has 0 bridgehead atoms. The predicted molar refractivity (Wildman–Crippen MR) is 80.6 cm³/mol. The summed E-state index contributed by atoms with van der Waals surface area (Å²) >= 11 is 0. The number of hydrogen-bond acceptors (Lipinski definition) is 2. The fourth-order valence-corrected chi connectivity index (χ4v) is 3.31. The largest absolute Gasteiger partial charge is 0.417 e. The van der Waals surface area contributed by atoms with Crippen molar-refractivity contribution < 1.29 is 26.3 Å². The number of aromatic nitrogens is 1. The number of aromatic amines is 1. The second kappa shape index (κ2) is 5.96. The highest BCUT2D eigenvalue weighted by molar-refractivity contribution is 5.86. The van der Waals surface area contributed by atoms with Crippen LogP contribution in [0.4, 0.5) is 32.0 Å². The minimum absolute atomic E-state index is 0.00450. The lowest BCUT2D eigenvalue weighted by Crippen LogP contribution is -2.33. The van der Waals surface area contributed by atoms with Crippen molar-refractivity contribution >= 4 is 16.6 Å². The van der Waals surface area contributed by atoms with Crippen LogP contribution >= 0.6 is 0 Å². The molecule has 1 aliphatic heterocycles. The highest BCUT2D eigenvalue weighted by Crippen LogP contribution is 2.37. The summed E-state index contributed by atoms with van der Waals surface area (Å²) in [5, 5.41) is -0.234. The lowest BCUT2D eigenvalue weighted by Gasteiger charge is -2.28. The lowest BCUT2D eigenvalue weighted by atomic mass is 10.1. The molecule has 1 aromatic heterocycles. The number of anilines is 1. The number of pyridine rings is 1. The summed E-state index contributed by atoms with van der Waals surface area (Å²) in [5.41, 5.74) is -1.70. The van der Waals surface area contributed by atoms with Crippen molar-refractivity contribution in [1.29, 1.82) is 0 Å². The zero-order chi connectivity index (χ0) is 18.4. The zero-order valence-electron chi connectivity index (χ0n) is 12.8. The van der Waals surface area contributed by atoms with Crippen LogP contribution < -0.4 is 10.5 Å². The summed E-state index contributed by atoms with van der Waals surface area (Å²) in [6.07, 6.45) is -9.22. The molecule has 1 saturated heterocycles. The molecule has 1 aliphatic rings. The van der Waals surface area contributed by atoms with E-state index in [1.165, 1.54) is 23.1 Å². The summed E-state index contributed by atoms with van der Waals surface area (Å²) in [4.78, 5) is 15.2. The van der Waals surface area contributed by atoms with Gasteiger partial charge < -0.3 is 9.88 Å². The van der Waals surface area contributed by atoms with Crippen molar-refractivity contribution in [1.82, 2.24) is 4.98 Å². The van der Waals surface area contributed by atoms with Crippen molar-refractivity contribution in [2.24, 2.45) is 0 Å². The van der Waals surface area contributed by atoms with Crippen molar-refractivity contribution in [2.75, 3.05) is 11.4 Å². The first-order valence-corrected chi connectivity index (χ1v) is 7.62. The summed E-state index contributed by atoms with van der Waals surface area (Å²) in [6.45, 7) is 0.344. The monoisotopic (exact) mass is 364 g/mol. The molecule has 0 radical (unpaired) electrons. The quantitative estimate of drug-likeness (QED) is 0.799. The molecule has 3 nitrogen and oxygen atoms in total. The van der Waals surface area contributed by atoms with E-state index in [9.17, 15) is 31.1 Å². The van der Waals surface area contributed by atoms with Crippen LogP contribution in [-0.4, -0.2) is 23.7 Å². The molecule has 2 heterocycles. The molecule has 25 heavy (non-hydrogen) atoms. The fraction of sp³-hybridized carbons (Fsp3) is 0.438. The Labute approximate surface area is 138 Å². The summed E-state index contributed by atoms with van der Waals surface area (Å²) in [5.74, 6) is 0. The minimum Gasteiger partial charge on any atom is -0.368 e. The van der Waals surface area contributed by atoms with Crippen LogP contribution in [0, 0.1) is 0 Å². The Morgan fingerprint density at radius 2 is 1.84 bits per heavy atom. The fourth-order valence-electron chi connectivity index (χ4n) is 3.31. The summed E-state index contributed by atoms with van der Waals surface area (Å²) < 4.78 is 77.7. The normalized spacial score (nSPS) is 19.0. The van der Waals surface area contributed by atoms with E-state index in [2.05, 4.69) is 4.98 Å². The van der Waals surface area contributed by atoms with Crippen molar-refractivity contribution in [3.63, 3.8) is 0 Å². The van der Waals surface area contributed by atoms with Crippen LogP contribution in [0.2, 0.25) is 0 Å². The third-order valence-corrected chi connectivity index (χ3v) is 4.31. The zero-order valence-corrected chi connectivity index (χ0v) is 12.8. The molecule has 0 spiro atoms. The van der Waals surface area contributed by atoms with E-state index < -0.39 is 35.9 Å². The average molecular weight is 364 g/mol. The van der Waals surface area contributed by atoms with E-state index in [1.807, 2.05) is 0 Å². The van der Waals surface area contributed by atoms with E-state index >= 15 is 0 Å². The van der Waals surface area contributed by atoms with Gasteiger partial charge in [-0.25, -0.2) is 0 Å². The SMILES string of the molecule is O=c1cc(C(F)(F)F)c2cc(N3CCC[C@@H]3CC(F)(F)F)ccc2[nH]1. The van der Waals surface area contributed by atoms with Gasteiger partial charge >= 0.3 is 12.4 Å². The Balaban J connectivity index is 2.06. The predicted octanol–water partition coefficient (Wildman–Crippen LogP) is 4.47. The third-order valence-electron chi connectivity index (χ3n) is 4.31. The molecule has 0 aliphatic carbocycles. The van der Waals surface area contributed by atoms with E-state index in [0.29, 0.717) is 25.5 Å². The van der Waals surface area contributed by atoms with Crippen molar-refractivity contribution in [2.45, 2.75) is 37.7 Å². The summed E-state index contributed by atoms with van der Waals surface area (Å²) in [6, 6.07) is 3.60. The van der Waals surface area contributed by atoms with E-state index in [0.717, 1.165) is 0 Å². The Kier molecular flexibility index (Phi) is 4.20. The van der Waals surface area contributed by atoms with Crippen LogP contribution in [0.1, 0.15) is 24.8 Å². The van der Waals surface area contributed by atoms with Gasteiger partial charge in [0.1, 0.15) is 0 Å². The lowest BCUT2D eigenvalue weighted by molar-refractivity contribution is -0.138. The first-order valence-electron chi connectivity index (χ1n) is 7.62. The van der Waals surface area contributed by atoms with Crippen LogP contribution in [0.3, 0.4) is 0 Å². The highest BCUT2D eigenvalue weighted by Gasteiger charge is 2.37. The number of alkyl halides is 6. The second-order valence-corrected chi connectivity index (χ2v) is 6.08. The van der Waals surface area contributed by atoms with Gasteiger partial charge in [-0.05, 0) is 31.0 Å². The second-order valence-electron chi connectivity index (χ2n) is 6.08. The van der Waals surface area contributed by atoms with Gasteiger partial charge in [-0.1, -0.05) is 0 Å². The van der Waals surface area contributed by atoms with Gasteiger partial charge in [0.25, 0.3) is 0 Å². The minimum atomic E-state index is -4.73. The van der Waals surface area contributed by atoms with Gasteiger partial charge in [0.05, 0.1) is 12.0 Å². The molecule has 2 aromatic rings. The molecule has 1 N–H and O–H groups in total. The smallest absolute Gasteiger partial charge is 0.368 e. The Hall–Kier alpha value is -2.19. The standard InChI is InChI=1S/C16H14F6N2O/c17-15(18,19)8-10-2-1-5-24(10)9-3-4-13-11(6-9)12(16(20,21)22)7-14(25)23-13/h3-4,6-7,10H,1-2,5,8H2,(H,23,25)/t10-/m1/s1. The number of hydrogen-bond donors (Lipinski definition) is 1. The van der Waals surface area contributed by atoms with Gasteiger partial charge in [-0.15, -0.1) is 0 Å². The highest BCUT2D eigenvalue weighted by atomic mass is 19.4. The molecule has 0 unspecified atom stereocenters. The average Bonchev–Trinajstić information content (AvgIpc) is 2.91. The maximum absolute atomic E-state index is 13.2. The van der Waals surface area contributed by atoms with Crippen LogP contribution in [0.5, 0.6) is 0 Å². The molecule has 1 aromatic carbocycles. The number of nitrogens with one attached hydrogen (secondary N) is 1. The van der Waals surface area contributed by atoms with E-state index in [1.54, 1.807) is 0 Å². The first-order chi connectivity index (χ1) is 11.5. The van der Waals surface area contributed by atoms with Crippen LogP contribution in [-0.2, 0) is 6.18 Å². The number of fused-ring (bicyclic) bond motifs is 1. The van der Waals surface area contributed by atoms with Crippen LogP contribution in [0.15, 0.2) is 29.1 Å². The molecular weight excluding hydrogens is 350 g/mol. The maximum atomic E-state index is 13.2. The number of rotatable bonds is 2. The molecule has 3 rings (SSSR count). The third kappa shape index (κ3) is 3.74. The van der Waals surface area contributed by atoms with Gasteiger partial charge in [-0.2, -0.15) is 26.3 Å². The van der Waals surface area contributed by atoms with Gasteiger partial charge in [0, 0.05) is 35.2 Å². The van der Waals surface area contributed by atoms with Crippen molar-refractivity contribution in [3.05, 3.63) is 40.2 Å². The molecule has 9 heteroatoms. The Morgan fingerprint density at radius 3 is 2.48 bits per heavy atom. The molecular formula is C16H14F6N2O. The number of nitrogens with zero attached hydrogens (tertiary/aromatic N) is 1. The van der Waals surface area contributed by atoms with Gasteiger partial charge in [0.15, 0.2) is 0 Å². The van der Waals surface area contributed by atoms with E-state index in [-0.39, 0.29) is 16.6 Å². The Morgan fingerprint density at radius 1 is 1.12 bits per heavy atom. The van der Waals surface area contributed by atoms with Gasteiger partial charge in [0.2, 0.25) is 5.56 Å². The Bertz CT molecular complexity index is 839. The molecule has 1 fully saturated rings. The number of halogens is 6. The molecule has 0 amide bonds.